The number of unbranched alkanes of at least 4 members (excludes halogenated alkanes) is 4. The van der Waals surface area contributed by atoms with Crippen LogP contribution in [-0.4, -0.2) is 5.97 Å². The zero-order valence-corrected chi connectivity index (χ0v) is 18.2. The lowest BCUT2D eigenvalue weighted by Crippen LogP contribution is -2.14. The lowest BCUT2D eigenvalue weighted by Gasteiger charge is -2.29. The van der Waals surface area contributed by atoms with Crippen LogP contribution in [0.5, 0.6) is 5.75 Å². The molecule has 0 aliphatic heterocycles. The van der Waals surface area contributed by atoms with E-state index in [2.05, 4.69) is 19.1 Å². The van der Waals surface area contributed by atoms with Crippen LogP contribution in [0, 0.1) is 12.8 Å². The Balaban J connectivity index is 1.44. The van der Waals surface area contributed by atoms with E-state index < -0.39 is 0 Å². The number of esters is 1. The molecule has 0 radical (unpaired) electrons. The Morgan fingerprint density at radius 1 is 0.862 bits per heavy atom. The largest absolute Gasteiger partial charge is 0.423 e. The Hall–Kier alpha value is -2.09. The molecule has 1 aliphatic carbocycles. The fourth-order valence-electron chi connectivity index (χ4n) is 4.48. The second-order valence-corrected chi connectivity index (χ2v) is 8.75. The normalized spacial score (nSPS) is 19.1. The maximum absolute atomic E-state index is 12.4. The van der Waals surface area contributed by atoms with E-state index in [-0.39, 0.29) is 5.97 Å². The summed E-state index contributed by atoms with van der Waals surface area (Å²) in [4.78, 5) is 12.4. The van der Waals surface area contributed by atoms with Gasteiger partial charge in [0.15, 0.2) is 0 Å². The molecule has 2 aromatic rings. The van der Waals surface area contributed by atoms with Crippen molar-refractivity contribution in [1.82, 2.24) is 0 Å². The molecule has 0 bridgehead atoms. The summed E-state index contributed by atoms with van der Waals surface area (Å²) in [6.07, 6.45) is 13.6. The first-order chi connectivity index (χ1) is 14.2. The highest BCUT2D eigenvalue weighted by atomic mass is 16.5. The number of benzene rings is 2. The monoisotopic (exact) mass is 392 g/mol. The highest BCUT2D eigenvalue weighted by Crippen LogP contribution is 2.37. The zero-order valence-electron chi connectivity index (χ0n) is 18.2. The van der Waals surface area contributed by atoms with Crippen molar-refractivity contribution in [3.05, 3.63) is 65.2 Å². The van der Waals surface area contributed by atoms with Crippen molar-refractivity contribution in [3.63, 3.8) is 0 Å². The fraction of sp³-hybridized carbons (Fsp3) is 0.519. The van der Waals surface area contributed by atoms with Gasteiger partial charge in [-0.1, -0.05) is 75.3 Å². The van der Waals surface area contributed by atoms with Gasteiger partial charge >= 0.3 is 5.97 Å². The van der Waals surface area contributed by atoms with Gasteiger partial charge in [0.1, 0.15) is 5.75 Å². The Bertz CT molecular complexity index is 737. The van der Waals surface area contributed by atoms with Crippen molar-refractivity contribution >= 4 is 5.97 Å². The SMILES string of the molecule is CCCCCCCC1CCC(c2ccc(C(=O)Oc3ccc(C)cc3)cc2)CC1. The van der Waals surface area contributed by atoms with Crippen LogP contribution in [-0.2, 0) is 0 Å². The Morgan fingerprint density at radius 2 is 1.52 bits per heavy atom. The van der Waals surface area contributed by atoms with Crippen LogP contribution in [0.2, 0.25) is 0 Å². The van der Waals surface area contributed by atoms with Gasteiger partial charge < -0.3 is 4.74 Å². The average Bonchev–Trinajstić information content (AvgIpc) is 2.76. The third-order valence-corrected chi connectivity index (χ3v) is 6.41. The molecular weight excluding hydrogens is 356 g/mol. The highest BCUT2D eigenvalue weighted by molar-refractivity contribution is 5.91. The summed E-state index contributed by atoms with van der Waals surface area (Å²) in [6, 6.07) is 15.7. The summed E-state index contributed by atoms with van der Waals surface area (Å²) in [5.41, 5.74) is 3.15. The van der Waals surface area contributed by atoms with E-state index in [1.807, 2.05) is 43.3 Å². The molecule has 0 atom stereocenters. The van der Waals surface area contributed by atoms with Crippen molar-refractivity contribution in [1.29, 1.82) is 0 Å². The summed E-state index contributed by atoms with van der Waals surface area (Å²) in [6.45, 7) is 4.30. The molecule has 1 saturated carbocycles. The van der Waals surface area contributed by atoms with Crippen molar-refractivity contribution in [2.45, 2.75) is 84.0 Å². The smallest absolute Gasteiger partial charge is 0.343 e. The maximum atomic E-state index is 12.4. The van der Waals surface area contributed by atoms with E-state index in [1.165, 1.54) is 69.8 Å². The van der Waals surface area contributed by atoms with E-state index in [0.29, 0.717) is 17.2 Å². The van der Waals surface area contributed by atoms with Gasteiger partial charge in [-0.05, 0) is 74.3 Å². The Morgan fingerprint density at radius 3 is 2.17 bits per heavy atom. The van der Waals surface area contributed by atoms with E-state index in [4.69, 9.17) is 4.74 Å². The van der Waals surface area contributed by atoms with Gasteiger partial charge in [0, 0.05) is 0 Å². The number of carbonyl (C=O) groups excluding carboxylic acids is 1. The van der Waals surface area contributed by atoms with Gasteiger partial charge in [-0.15, -0.1) is 0 Å². The molecule has 0 N–H and O–H groups in total. The molecular formula is C27H36O2. The quantitative estimate of drug-likeness (QED) is 0.247. The number of carbonyl (C=O) groups is 1. The first-order valence-corrected chi connectivity index (χ1v) is 11.5. The predicted octanol–water partition coefficient (Wildman–Crippen LogP) is 7.85. The second-order valence-electron chi connectivity index (χ2n) is 8.75. The van der Waals surface area contributed by atoms with Crippen LogP contribution in [0.3, 0.4) is 0 Å². The predicted molar refractivity (Wildman–Crippen MR) is 121 cm³/mol. The maximum Gasteiger partial charge on any atom is 0.343 e. The average molecular weight is 393 g/mol. The summed E-state index contributed by atoms with van der Waals surface area (Å²) in [5.74, 6) is 1.88. The molecule has 2 nitrogen and oxygen atoms in total. The van der Waals surface area contributed by atoms with E-state index in [1.54, 1.807) is 0 Å². The Labute approximate surface area is 176 Å². The van der Waals surface area contributed by atoms with Gasteiger partial charge in [0.05, 0.1) is 5.56 Å². The standard InChI is InChI=1S/C27H36O2/c1-3-4-5-6-7-8-22-11-13-23(14-12-22)24-15-17-25(18-16-24)27(28)29-26-19-9-21(2)10-20-26/h9-10,15-20,22-23H,3-8,11-14H2,1-2H3. The summed E-state index contributed by atoms with van der Waals surface area (Å²) in [5, 5.41) is 0. The van der Waals surface area contributed by atoms with E-state index >= 15 is 0 Å². The highest BCUT2D eigenvalue weighted by Gasteiger charge is 2.22. The topological polar surface area (TPSA) is 26.3 Å². The third-order valence-electron chi connectivity index (χ3n) is 6.41. The fourth-order valence-corrected chi connectivity index (χ4v) is 4.48. The Kier molecular flexibility index (Phi) is 8.34. The number of rotatable bonds is 9. The van der Waals surface area contributed by atoms with Gasteiger partial charge in [0.2, 0.25) is 0 Å². The van der Waals surface area contributed by atoms with Gasteiger partial charge in [-0.25, -0.2) is 4.79 Å². The van der Waals surface area contributed by atoms with Crippen LogP contribution < -0.4 is 4.74 Å². The molecule has 29 heavy (non-hydrogen) atoms. The first kappa shape index (κ1) is 21.6. The van der Waals surface area contributed by atoms with E-state index in [9.17, 15) is 4.79 Å². The molecule has 0 heterocycles. The van der Waals surface area contributed by atoms with Crippen molar-refractivity contribution in [3.8, 4) is 5.75 Å². The van der Waals surface area contributed by atoms with Crippen molar-refractivity contribution in [2.75, 3.05) is 0 Å². The van der Waals surface area contributed by atoms with Crippen LogP contribution in [0.25, 0.3) is 0 Å². The molecule has 3 rings (SSSR count). The molecule has 0 spiro atoms. The number of hydrogen-bond acceptors (Lipinski definition) is 2. The van der Waals surface area contributed by atoms with Gasteiger partial charge in [-0.2, -0.15) is 0 Å². The van der Waals surface area contributed by atoms with Crippen LogP contribution >= 0.6 is 0 Å². The van der Waals surface area contributed by atoms with Crippen LogP contribution in [0.1, 0.15) is 98.5 Å². The summed E-state index contributed by atoms with van der Waals surface area (Å²) >= 11 is 0. The molecule has 0 unspecified atom stereocenters. The molecule has 0 saturated heterocycles. The minimum absolute atomic E-state index is 0.285. The zero-order chi connectivity index (χ0) is 20.5. The minimum atomic E-state index is -0.285. The van der Waals surface area contributed by atoms with Gasteiger partial charge in [0.25, 0.3) is 0 Å². The minimum Gasteiger partial charge on any atom is -0.423 e. The lowest BCUT2D eigenvalue weighted by molar-refractivity contribution is 0.0734. The number of ether oxygens (including phenoxy) is 1. The lowest BCUT2D eigenvalue weighted by atomic mass is 9.77. The second kappa shape index (κ2) is 11.2. The van der Waals surface area contributed by atoms with E-state index in [0.717, 1.165) is 11.5 Å². The van der Waals surface area contributed by atoms with Crippen molar-refractivity contribution < 1.29 is 9.53 Å². The molecule has 1 aliphatic rings. The van der Waals surface area contributed by atoms with Crippen LogP contribution in [0.4, 0.5) is 0 Å². The molecule has 1 fully saturated rings. The van der Waals surface area contributed by atoms with Crippen molar-refractivity contribution in [2.24, 2.45) is 5.92 Å². The number of hydrogen-bond donors (Lipinski definition) is 0. The molecule has 2 heteroatoms. The molecule has 156 valence electrons. The number of aryl methyl sites for hydroxylation is 1. The summed E-state index contributed by atoms with van der Waals surface area (Å²) < 4.78 is 5.48. The first-order valence-electron chi connectivity index (χ1n) is 11.5. The van der Waals surface area contributed by atoms with Crippen LogP contribution in [0.15, 0.2) is 48.5 Å². The molecule has 0 amide bonds. The third kappa shape index (κ3) is 6.73. The molecule has 0 aromatic heterocycles. The summed E-state index contributed by atoms with van der Waals surface area (Å²) in [7, 11) is 0. The van der Waals surface area contributed by atoms with Gasteiger partial charge in [-0.3, -0.25) is 0 Å². The molecule has 2 aromatic carbocycles.